The molecule has 2 aromatic heterocycles. The van der Waals surface area contributed by atoms with Crippen LogP contribution in [0.1, 0.15) is 15.9 Å². The lowest BCUT2D eigenvalue weighted by atomic mass is 10.0. The van der Waals surface area contributed by atoms with Crippen molar-refractivity contribution in [1.82, 2.24) is 14.7 Å². The molecule has 0 aliphatic rings. The number of hydrogen-bond donors (Lipinski definition) is 1. The number of carbonyl (C=O) groups excluding carboxylic acids is 1. The van der Waals surface area contributed by atoms with E-state index >= 15 is 0 Å². The topological polar surface area (TPSA) is 88.6 Å². The Hall–Kier alpha value is -3.94. The SMILES string of the molecule is CN(Cc1cnn(C)c1)C(=O)c1cc(F)cc(-c2ccc3occc3c2)c1.O=CO. The minimum Gasteiger partial charge on any atom is -0.483 e. The van der Waals surface area contributed by atoms with Crippen molar-refractivity contribution in [2.45, 2.75) is 6.54 Å². The fourth-order valence-electron chi connectivity index (χ4n) is 3.15. The number of nitrogens with zero attached hydrogens (tertiary/aromatic N) is 3. The first-order valence-electron chi connectivity index (χ1n) is 9.00. The monoisotopic (exact) mass is 409 g/mol. The summed E-state index contributed by atoms with van der Waals surface area (Å²) in [7, 11) is 3.51. The van der Waals surface area contributed by atoms with Crippen LogP contribution < -0.4 is 0 Å². The lowest BCUT2D eigenvalue weighted by Gasteiger charge is -2.17. The van der Waals surface area contributed by atoms with Crippen molar-refractivity contribution in [2.75, 3.05) is 7.05 Å². The first kappa shape index (κ1) is 20.8. The van der Waals surface area contributed by atoms with E-state index in [0.717, 1.165) is 22.1 Å². The summed E-state index contributed by atoms with van der Waals surface area (Å²) in [5, 5.41) is 11.9. The molecule has 4 aromatic rings. The Morgan fingerprint density at radius 1 is 1.23 bits per heavy atom. The molecule has 0 radical (unpaired) electrons. The van der Waals surface area contributed by atoms with Gasteiger partial charge in [0, 0.05) is 43.4 Å². The van der Waals surface area contributed by atoms with Gasteiger partial charge >= 0.3 is 0 Å². The van der Waals surface area contributed by atoms with Crippen molar-refractivity contribution >= 4 is 23.3 Å². The van der Waals surface area contributed by atoms with Gasteiger partial charge in [-0.05, 0) is 47.5 Å². The van der Waals surface area contributed by atoms with Gasteiger partial charge in [-0.25, -0.2) is 4.39 Å². The predicted molar refractivity (Wildman–Crippen MR) is 109 cm³/mol. The van der Waals surface area contributed by atoms with E-state index in [1.165, 1.54) is 12.1 Å². The second-order valence-electron chi connectivity index (χ2n) is 6.69. The van der Waals surface area contributed by atoms with E-state index in [0.29, 0.717) is 17.7 Å². The van der Waals surface area contributed by atoms with Crippen molar-refractivity contribution in [3.05, 3.63) is 78.1 Å². The molecule has 0 fully saturated rings. The van der Waals surface area contributed by atoms with E-state index in [4.69, 9.17) is 14.3 Å². The summed E-state index contributed by atoms with van der Waals surface area (Å²) in [6, 6.07) is 11.9. The molecule has 0 aliphatic carbocycles. The third-order valence-electron chi connectivity index (χ3n) is 4.46. The van der Waals surface area contributed by atoms with Gasteiger partial charge in [0.25, 0.3) is 12.4 Å². The number of carbonyl (C=O) groups is 2. The summed E-state index contributed by atoms with van der Waals surface area (Å²) < 4.78 is 21.2. The van der Waals surface area contributed by atoms with Gasteiger partial charge in [0.1, 0.15) is 11.4 Å². The van der Waals surface area contributed by atoms with Crippen molar-refractivity contribution < 1.29 is 23.5 Å². The maximum Gasteiger partial charge on any atom is 0.290 e. The van der Waals surface area contributed by atoms with Crippen LogP contribution in [0.15, 0.2) is 65.5 Å². The molecule has 0 saturated heterocycles. The van der Waals surface area contributed by atoms with Gasteiger partial charge in [-0.3, -0.25) is 14.3 Å². The number of carboxylic acid groups (broad SMARTS) is 1. The van der Waals surface area contributed by atoms with Gasteiger partial charge in [-0.2, -0.15) is 5.10 Å². The molecule has 2 heterocycles. The number of furan rings is 1. The molecule has 154 valence electrons. The molecule has 1 N–H and O–H groups in total. The van der Waals surface area contributed by atoms with Crippen LogP contribution in [-0.2, 0) is 18.4 Å². The van der Waals surface area contributed by atoms with Gasteiger partial charge in [-0.15, -0.1) is 0 Å². The quantitative estimate of drug-likeness (QED) is 0.516. The third kappa shape index (κ3) is 4.72. The van der Waals surface area contributed by atoms with E-state index in [1.54, 1.807) is 35.2 Å². The molecule has 0 atom stereocenters. The molecule has 4 rings (SSSR count). The Balaban J connectivity index is 0.000000806. The van der Waals surface area contributed by atoms with E-state index in [1.807, 2.05) is 37.5 Å². The van der Waals surface area contributed by atoms with Crippen LogP contribution in [0, 0.1) is 5.82 Å². The molecule has 0 aliphatic heterocycles. The highest BCUT2D eigenvalue weighted by molar-refractivity contribution is 5.95. The average Bonchev–Trinajstić information content (AvgIpc) is 3.35. The van der Waals surface area contributed by atoms with Crippen molar-refractivity contribution in [3.63, 3.8) is 0 Å². The van der Waals surface area contributed by atoms with E-state index in [9.17, 15) is 9.18 Å². The average molecular weight is 409 g/mol. The summed E-state index contributed by atoms with van der Waals surface area (Å²) in [4.78, 5) is 22.7. The van der Waals surface area contributed by atoms with E-state index < -0.39 is 5.82 Å². The highest BCUT2D eigenvalue weighted by Crippen LogP contribution is 2.27. The summed E-state index contributed by atoms with van der Waals surface area (Å²) >= 11 is 0. The van der Waals surface area contributed by atoms with Gasteiger partial charge in [0.2, 0.25) is 0 Å². The van der Waals surface area contributed by atoms with Crippen LogP contribution >= 0.6 is 0 Å². The van der Waals surface area contributed by atoms with Gasteiger partial charge in [0.05, 0.1) is 12.5 Å². The number of fused-ring (bicyclic) bond motifs is 1. The van der Waals surface area contributed by atoms with Crippen LogP contribution in [0.2, 0.25) is 0 Å². The van der Waals surface area contributed by atoms with Crippen molar-refractivity contribution in [1.29, 1.82) is 0 Å². The summed E-state index contributed by atoms with van der Waals surface area (Å²) in [6.45, 7) is 0.152. The fraction of sp³-hybridized carbons (Fsp3) is 0.136. The summed E-state index contributed by atoms with van der Waals surface area (Å²) in [6.07, 6.45) is 5.17. The fourth-order valence-corrected chi connectivity index (χ4v) is 3.15. The zero-order chi connectivity index (χ0) is 21.7. The predicted octanol–water partition coefficient (Wildman–Crippen LogP) is 3.95. The Morgan fingerprint density at radius 2 is 2.00 bits per heavy atom. The van der Waals surface area contributed by atoms with Crippen molar-refractivity contribution in [3.8, 4) is 11.1 Å². The molecular formula is C22H20FN3O4. The Bertz CT molecular complexity index is 1180. The normalized spacial score (nSPS) is 10.4. The third-order valence-corrected chi connectivity index (χ3v) is 4.46. The Kier molecular flexibility index (Phi) is 6.26. The number of rotatable bonds is 4. The standard InChI is InChI=1S/C21H18FN3O2.CH2O2/c1-24(12-14-11-23-25(2)13-14)21(26)18-8-17(9-19(22)10-18)15-3-4-20-16(7-15)5-6-27-20;2-1-3/h3-11,13H,12H2,1-2H3;1H,(H,2,3). The molecule has 30 heavy (non-hydrogen) atoms. The molecule has 0 spiro atoms. The Morgan fingerprint density at radius 3 is 2.70 bits per heavy atom. The van der Waals surface area contributed by atoms with Crippen LogP contribution in [0.5, 0.6) is 0 Å². The second kappa shape index (κ2) is 9.04. The van der Waals surface area contributed by atoms with Crippen LogP contribution in [0.4, 0.5) is 4.39 Å². The zero-order valence-electron chi connectivity index (χ0n) is 16.4. The largest absolute Gasteiger partial charge is 0.483 e. The number of amides is 1. The van der Waals surface area contributed by atoms with E-state index in [-0.39, 0.29) is 12.4 Å². The second-order valence-corrected chi connectivity index (χ2v) is 6.69. The van der Waals surface area contributed by atoms with Crippen LogP contribution in [-0.4, -0.2) is 39.2 Å². The van der Waals surface area contributed by atoms with Gasteiger partial charge < -0.3 is 14.4 Å². The minimum atomic E-state index is -0.446. The molecule has 0 saturated carbocycles. The number of benzene rings is 2. The highest BCUT2D eigenvalue weighted by Gasteiger charge is 2.15. The Labute approximate surface area is 172 Å². The lowest BCUT2D eigenvalue weighted by molar-refractivity contribution is -0.122. The lowest BCUT2D eigenvalue weighted by Crippen LogP contribution is -2.26. The van der Waals surface area contributed by atoms with Crippen molar-refractivity contribution in [2.24, 2.45) is 7.05 Å². The molecule has 0 bridgehead atoms. The van der Waals surface area contributed by atoms with E-state index in [2.05, 4.69) is 5.10 Å². The summed E-state index contributed by atoms with van der Waals surface area (Å²) in [5.74, 6) is -0.693. The first-order chi connectivity index (χ1) is 14.4. The number of hydrogen-bond acceptors (Lipinski definition) is 4. The molecular weight excluding hydrogens is 389 g/mol. The van der Waals surface area contributed by atoms with Crippen LogP contribution in [0.25, 0.3) is 22.1 Å². The van der Waals surface area contributed by atoms with Gasteiger partial charge in [0.15, 0.2) is 0 Å². The smallest absolute Gasteiger partial charge is 0.290 e. The molecule has 8 heteroatoms. The molecule has 7 nitrogen and oxygen atoms in total. The maximum atomic E-state index is 14.2. The maximum absolute atomic E-state index is 14.2. The first-order valence-corrected chi connectivity index (χ1v) is 9.00. The minimum absolute atomic E-state index is 0.246. The molecule has 1 amide bonds. The molecule has 2 aromatic carbocycles. The highest BCUT2D eigenvalue weighted by atomic mass is 19.1. The number of halogens is 1. The number of aryl methyl sites for hydroxylation is 1. The summed E-state index contributed by atoms with van der Waals surface area (Å²) in [5.41, 5.74) is 3.46. The van der Waals surface area contributed by atoms with Crippen LogP contribution in [0.3, 0.4) is 0 Å². The zero-order valence-corrected chi connectivity index (χ0v) is 16.4. The number of aromatic nitrogens is 2. The van der Waals surface area contributed by atoms with Gasteiger partial charge in [-0.1, -0.05) is 6.07 Å². The molecule has 0 unspecified atom stereocenters.